The van der Waals surface area contributed by atoms with Gasteiger partial charge in [-0.1, -0.05) is 36.2 Å². The zero-order valence-electron chi connectivity index (χ0n) is 11.7. The van der Waals surface area contributed by atoms with Crippen molar-refractivity contribution in [1.29, 1.82) is 0 Å². The zero-order chi connectivity index (χ0) is 14.5. The molecule has 1 N–H and O–H groups in total. The van der Waals surface area contributed by atoms with Crippen molar-refractivity contribution in [2.24, 2.45) is 0 Å². The van der Waals surface area contributed by atoms with Crippen LogP contribution in [0.15, 0.2) is 30.6 Å². The van der Waals surface area contributed by atoms with Crippen LogP contribution in [-0.2, 0) is 13.1 Å². The van der Waals surface area contributed by atoms with E-state index in [4.69, 9.17) is 23.2 Å². The summed E-state index contributed by atoms with van der Waals surface area (Å²) in [5.41, 5.74) is 1.12. The Hall–Kier alpha value is -1.03. The molecule has 0 saturated carbocycles. The number of benzene rings is 1. The first-order valence-corrected chi connectivity index (χ1v) is 7.55. The Balaban J connectivity index is 1.99. The summed E-state index contributed by atoms with van der Waals surface area (Å²) < 4.78 is 2.18. The monoisotopic (exact) mass is 311 g/mol. The molecule has 2 aromatic rings. The molecule has 2 rings (SSSR count). The highest BCUT2D eigenvalue weighted by atomic mass is 35.5. The quantitative estimate of drug-likeness (QED) is 0.854. The molecule has 0 aliphatic carbocycles. The Kier molecular flexibility index (Phi) is 5.46. The van der Waals surface area contributed by atoms with Gasteiger partial charge in [0.2, 0.25) is 0 Å². The van der Waals surface area contributed by atoms with Crippen molar-refractivity contribution in [2.45, 2.75) is 39.4 Å². The molecule has 0 fully saturated rings. The van der Waals surface area contributed by atoms with Gasteiger partial charge in [-0.25, -0.2) is 4.98 Å². The van der Waals surface area contributed by atoms with Crippen LogP contribution in [0.4, 0.5) is 0 Å². The molecular weight excluding hydrogens is 293 g/mol. The molecule has 0 radical (unpaired) electrons. The summed E-state index contributed by atoms with van der Waals surface area (Å²) in [5, 5.41) is 4.63. The Morgan fingerprint density at radius 2 is 2.10 bits per heavy atom. The van der Waals surface area contributed by atoms with Gasteiger partial charge in [0, 0.05) is 25.0 Å². The number of hydrogen-bond acceptors (Lipinski definition) is 2. The van der Waals surface area contributed by atoms with Gasteiger partial charge in [0.05, 0.1) is 16.6 Å². The predicted molar refractivity (Wildman–Crippen MR) is 84.2 cm³/mol. The average Bonchev–Trinajstić information content (AvgIpc) is 2.87. The topological polar surface area (TPSA) is 29.9 Å². The Labute approximate surface area is 129 Å². The summed E-state index contributed by atoms with van der Waals surface area (Å²) >= 11 is 12.0. The first-order valence-electron chi connectivity index (χ1n) is 6.80. The first kappa shape index (κ1) is 15.4. The molecule has 5 heteroatoms. The number of aryl methyl sites for hydroxylation is 1. The van der Waals surface area contributed by atoms with Crippen molar-refractivity contribution in [2.75, 3.05) is 0 Å². The number of halogens is 2. The third-order valence-electron chi connectivity index (χ3n) is 3.28. The fourth-order valence-electron chi connectivity index (χ4n) is 2.10. The van der Waals surface area contributed by atoms with Crippen LogP contribution >= 0.6 is 23.2 Å². The van der Waals surface area contributed by atoms with Crippen LogP contribution in [0.1, 0.15) is 37.7 Å². The number of aromatic nitrogens is 2. The molecule has 0 aliphatic heterocycles. The number of hydrogen-bond donors (Lipinski definition) is 1. The number of nitrogens with zero attached hydrogens (tertiary/aromatic N) is 2. The second-order valence-corrected chi connectivity index (χ2v) is 5.63. The van der Waals surface area contributed by atoms with Crippen molar-refractivity contribution in [1.82, 2.24) is 14.9 Å². The molecule has 1 unspecified atom stereocenters. The first-order chi connectivity index (χ1) is 9.61. The van der Waals surface area contributed by atoms with Crippen LogP contribution in [0.2, 0.25) is 10.0 Å². The van der Waals surface area contributed by atoms with Gasteiger partial charge >= 0.3 is 0 Å². The molecule has 20 heavy (non-hydrogen) atoms. The molecule has 1 atom stereocenters. The summed E-state index contributed by atoms with van der Waals surface area (Å²) in [5.74, 6) is 1.05. The lowest BCUT2D eigenvalue weighted by atomic mass is 10.1. The van der Waals surface area contributed by atoms with Gasteiger partial charge < -0.3 is 9.88 Å². The van der Waals surface area contributed by atoms with Crippen LogP contribution < -0.4 is 5.32 Å². The minimum atomic E-state index is 0.191. The van der Waals surface area contributed by atoms with E-state index in [-0.39, 0.29) is 6.04 Å². The van der Waals surface area contributed by atoms with Crippen molar-refractivity contribution in [3.8, 4) is 0 Å². The van der Waals surface area contributed by atoms with Crippen molar-refractivity contribution >= 4 is 23.2 Å². The molecule has 1 aromatic heterocycles. The van der Waals surface area contributed by atoms with Gasteiger partial charge in [-0.05, 0) is 31.0 Å². The highest BCUT2D eigenvalue weighted by molar-refractivity contribution is 6.42. The van der Waals surface area contributed by atoms with E-state index in [0.717, 1.165) is 30.9 Å². The van der Waals surface area contributed by atoms with Gasteiger partial charge in [-0.3, -0.25) is 0 Å². The van der Waals surface area contributed by atoms with Gasteiger partial charge in [0.15, 0.2) is 0 Å². The summed E-state index contributed by atoms with van der Waals surface area (Å²) in [6.45, 7) is 5.99. The lowest BCUT2D eigenvalue weighted by molar-refractivity contribution is 0.532. The minimum absolute atomic E-state index is 0.191. The van der Waals surface area contributed by atoms with Crippen LogP contribution in [0.3, 0.4) is 0 Å². The average molecular weight is 312 g/mol. The largest absolute Gasteiger partial charge is 0.334 e. The van der Waals surface area contributed by atoms with E-state index in [2.05, 4.69) is 28.7 Å². The number of nitrogens with one attached hydrogen (secondary N) is 1. The van der Waals surface area contributed by atoms with Crippen LogP contribution in [0, 0.1) is 0 Å². The number of rotatable bonds is 6. The number of imidazole rings is 1. The second-order valence-electron chi connectivity index (χ2n) is 4.81. The maximum Gasteiger partial charge on any atom is 0.122 e. The minimum Gasteiger partial charge on any atom is -0.334 e. The zero-order valence-corrected chi connectivity index (χ0v) is 13.2. The van der Waals surface area contributed by atoms with E-state index in [0.29, 0.717) is 10.0 Å². The maximum atomic E-state index is 6.05. The lowest BCUT2D eigenvalue weighted by Crippen LogP contribution is -2.20. The third kappa shape index (κ3) is 3.75. The maximum absolute atomic E-state index is 6.05. The fourth-order valence-corrected chi connectivity index (χ4v) is 2.40. The van der Waals surface area contributed by atoms with Crippen molar-refractivity contribution in [3.05, 3.63) is 52.0 Å². The highest BCUT2D eigenvalue weighted by Gasteiger charge is 2.09. The molecule has 0 amide bonds. The van der Waals surface area contributed by atoms with E-state index in [1.54, 1.807) is 0 Å². The smallest absolute Gasteiger partial charge is 0.122 e. The summed E-state index contributed by atoms with van der Waals surface area (Å²) in [6.07, 6.45) is 4.96. The molecule has 0 aliphatic rings. The standard InChI is InChI=1S/C15H19Cl2N3/c1-3-7-20-8-6-18-15(20)10-19-11(2)12-4-5-13(16)14(17)9-12/h4-6,8-9,11,19H,3,7,10H2,1-2H3. The van der Waals surface area contributed by atoms with Crippen LogP contribution in [0.5, 0.6) is 0 Å². The summed E-state index contributed by atoms with van der Waals surface area (Å²) in [6, 6.07) is 5.91. The Bertz CT molecular complexity index is 566. The normalized spacial score (nSPS) is 12.6. The summed E-state index contributed by atoms with van der Waals surface area (Å²) in [7, 11) is 0. The molecule has 1 aromatic carbocycles. The van der Waals surface area contributed by atoms with Gasteiger partial charge in [-0.15, -0.1) is 0 Å². The molecule has 3 nitrogen and oxygen atoms in total. The third-order valence-corrected chi connectivity index (χ3v) is 4.02. The van der Waals surface area contributed by atoms with Gasteiger partial charge in [0.25, 0.3) is 0 Å². The van der Waals surface area contributed by atoms with Gasteiger partial charge in [0.1, 0.15) is 5.82 Å². The predicted octanol–water partition coefficient (Wildman–Crippen LogP) is 4.45. The van der Waals surface area contributed by atoms with E-state index < -0.39 is 0 Å². The van der Waals surface area contributed by atoms with Crippen molar-refractivity contribution in [3.63, 3.8) is 0 Å². The molecule has 1 heterocycles. The lowest BCUT2D eigenvalue weighted by Gasteiger charge is -2.15. The molecular formula is C15H19Cl2N3. The molecule has 0 spiro atoms. The van der Waals surface area contributed by atoms with E-state index >= 15 is 0 Å². The van der Waals surface area contributed by atoms with Crippen LogP contribution in [0.25, 0.3) is 0 Å². The van der Waals surface area contributed by atoms with Gasteiger partial charge in [-0.2, -0.15) is 0 Å². The fraction of sp³-hybridized carbons (Fsp3) is 0.400. The Morgan fingerprint density at radius 3 is 2.80 bits per heavy atom. The SMILES string of the molecule is CCCn1ccnc1CNC(C)c1ccc(Cl)c(Cl)c1. The Morgan fingerprint density at radius 1 is 1.30 bits per heavy atom. The van der Waals surface area contributed by atoms with E-state index in [9.17, 15) is 0 Å². The summed E-state index contributed by atoms with van der Waals surface area (Å²) in [4.78, 5) is 4.39. The molecule has 0 bridgehead atoms. The van der Waals surface area contributed by atoms with Crippen molar-refractivity contribution < 1.29 is 0 Å². The molecule has 0 saturated heterocycles. The molecule has 108 valence electrons. The highest BCUT2D eigenvalue weighted by Crippen LogP contribution is 2.25. The van der Waals surface area contributed by atoms with E-state index in [1.807, 2.05) is 30.6 Å². The second kappa shape index (κ2) is 7.11. The van der Waals surface area contributed by atoms with Crippen LogP contribution in [-0.4, -0.2) is 9.55 Å². The van der Waals surface area contributed by atoms with E-state index in [1.165, 1.54) is 0 Å².